The molecule has 0 bridgehead atoms. The molecule has 1 fully saturated rings. The van der Waals surface area contributed by atoms with E-state index in [-0.39, 0.29) is 11.9 Å². The van der Waals surface area contributed by atoms with Crippen molar-refractivity contribution in [3.8, 4) is 0 Å². The molecular formula is C19H28F3N5O2. The number of hydrogen-bond acceptors (Lipinski definition) is 6. The number of nitrogens with two attached hydrogens (primary N) is 2. The Balaban J connectivity index is 2.20. The van der Waals surface area contributed by atoms with Crippen LogP contribution in [0, 0.1) is 0 Å². The molecule has 2 rings (SSSR count). The van der Waals surface area contributed by atoms with E-state index < -0.39 is 18.6 Å². The van der Waals surface area contributed by atoms with Crippen LogP contribution in [0.5, 0.6) is 0 Å². The van der Waals surface area contributed by atoms with Crippen LogP contribution in [0.1, 0.15) is 13.3 Å². The fourth-order valence-corrected chi connectivity index (χ4v) is 3.33. The van der Waals surface area contributed by atoms with E-state index in [4.69, 9.17) is 11.5 Å². The summed E-state index contributed by atoms with van der Waals surface area (Å²) < 4.78 is 38.4. The quantitative estimate of drug-likeness (QED) is 0.421. The predicted octanol–water partition coefficient (Wildman–Crippen LogP) is 0.859. The van der Waals surface area contributed by atoms with Crippen LogP contribution in [0.15, 0.2) is 47.3 Å². The second-order valence-electron chi connectivity index (χ2n) is 7.17. The van der Waals surface area contributed by atoms with Crippen LogP contribution in [0.25, 0.3) is 0 Å². The van der Waals surface area contributed by atoms with Gasteiger partial charge in [-0.1, -0.05) is 19.1 Å². The molecule has 5 N–H and O–H groups in total. The number of fused-ring (bicyclic) bond motifs is 1. The van der Waals surface area contributed by atoms with E-state index in [1.807, 2.05) is 19.1 Å². The third-order valence-corrected chi connectivity index (χ3v) is 5.07. The number of nitrogens with zero attached hydrogens (tertiary/aromatic N) is 3. The summed E-state index contributed by atoms with van der Waals surface area (Å²) in [5, 5.41) is 9.46. The van der Waals surface area contributed by atoms with Gasteiger partial charge in [0.05, 0.1) is 12.2 Å². The minimum absolute atomic E-state index is 0.220. The molecule has 3 atom stereocenters. The van der Waals surface area contributed by atoms with E-state index in [1.54, 1.807) is 23.0 Å². The molecule has 0 aliphatic carbocycles. The summed E-state index contributed by atoms with van der Waals surface area (Å²) in [6.45, 7) is 2.75. The van der Waals surface area contributed by atoms with Gasteiger partial charge in [0.2, 0.25) is 6.23 Å². The molecular weight excluding hydrogens is 387 g/mol. The van der Waals surface area contributed by atoms with E-state index in [0.717, 1.165) is 19.0 Å². The molecule has 2 aliphatic heterocycles. The topological polar surface area (TPSA) is 99.1 Å². The Kier molecular flexibility index (Phi) is 7.15. The Labute approximate surface area is 168 Å². The maximum Gasteiger partial charge on any atom is 0.428 e. The number of halogens is 3. The normalized spacial score (nSPS) is 22.9. The van der Waals surface area contributed by atoms with E-state index in [0.29, 0.717) is 29.1 Å². The second kappa shape index (κ2) is 9.02. The maximum atomic E-state index is 12.9. The van der Waals surface area contributed by atoms with Gasteiger partial charge < -0.3 is 26.4 Å². The van der Waals surface area contributed by atoms with Gasteiger partial charge in [-0.3, -0.25) is 9.69 Å². The molecule has 0 aromatic rings. The minimum atomic E-state index is -4.83. The number of alkyl halides is 3. The SMILES string of the molecule is CC/C=C\C(=C/N)CN1CC2C(=CC(C(N)N(C)C(O)C(F)(F)F)=CN2C)C1=O. The summed E-state index contributed by atoms with van der Waals surface area (Å²) in [5.41, 5.74) is 13.1. The molecule has 7 nitrogen and oxygen atoms in total. The molecule has 0 aromatic carbocycles. The third-order valence-electron chi connectivity index (χ3n) is 5.07. The average Bonchev–Trinajstić information content (AvgIpc) is 2.98. The molecule has 2 heterocycles. The van der Waals surface area contributed by atoms with Gasteiger partial charge in [-0.05, 0) is 36.9 Å². The van der Waals surface area contributed by atoms with Crippen molar-refractivity contribution in [3.63, 3.8) is 0 Å². The van der Waals surface area contributed by atoms with Crippen molar-refractivity contribution in [2.75, 3.05) is 27.2 Å². The highest BCUT2D eigenvalue weighted by molar-refractivity contribution is 5.98. The zero-order valence-electron chi connectivity index (χ0n) is 16.7. The van der Waals surface area contributed by atoms with Crippen LogP contribution < -0.4 is 11.5 Å². The highest BCUT2D eigenvalue weighted by Gasteiger charge is 2.44. The van der Waals surface area contributed by atoms with Crippen LogP contribution in [0.4, 0.5) is 13.2 Å². The van der Waals surface area contributed by atoms with Crippen LogP contribution in [0.3, 0.4) is 0 Å². The predicted molar refractivity (Wildman–Crippen MR) is 104 cm³/mol. The molecule has 29 heavy (non-hydrogen) atoms. The molecule has 0 radical (unpaired) electrons. The molecule has 0 aromatic heterocycles. The first-order valence-electron chi connectivity index (χ1n) is 9.25. The maximum absolute atomic E-state index is 12.9. The van der Waals surface area contributed by atoms with Crippen molar-refractivity contribution < 1.29 is 23.1 Å². The Hall–Kier alpha value is -2.30. The fraction of sp³-hybridized carbons (Fsp3) is 0.526. The first-order chi connectivity index (χ1) is 13.5. The molecule has 1 amide bonds. The summed E-state index contributed by atoms with van der Waals surface area (Å²) in [5.74, 6) is -0.220. The highest BCUT2D eigenvalue weighted by Crippen LogP contribution is 2.31. The smallest absolute Gasteiger partial charge is 0.404 e. The van der Waals surface area contributed by atoms with E-state index in [2.05, 4.69) is 0 Å². The van der Waals surface area contributed by atoms with E-state index in [9.17, 15) is 23.1 Å². The number of hydrogen-bond donors (Lipinski definition) is 3. The lowest BCUT2D eigenvalue weighted by Gasteiger charge is -2.34. The fourth-order valence-electron chi connectivity index (χ4n) is 3.33. The van der Waals surface area contributed by atoms with Crippen LogP contribution in [-0.2, 0) is 4.79 Å². The van der Waals surface area contributed by atoms with E-state index >= 15 is 0 Å². The zero-order valence-corrected chi connectivity index (χ0v) is 16.7. The number of likely N-dealkylation sites (N-methyl/N-ethyl adjacent to an activating group) is 2. The number of likely N-dealkylation sites (tertiary alicyclic amines) is 1. The number of aliphatic hydroxyl groups excluding tert-OH is 1. The first kappa shape index (κ1) is 23.0. The average molecular weight is 415 g/mol. The number of amides is 1. The van der Waals surface area contributed by atoms with Crippen LogP contribution in [0.2, 0.25) is 0 Å². The standard InChI is InChI=1S/C19H28F3N5O2/c1-4-5-6-12(8-23)9-27-11-15-14(17(27)28)7-13(10-25(15)2)16(24)26(3)18(29)19(20,21)22/h5-8,10,15-16,18,29H,4,9,11,23-24H2,1-3H3/b6-5-,12-8+. The molecule has 162 valence electrons. The number of rotatable bonds is 7. The van der Waals surface area contributed by atoms with Gasteiger partial charge in [0.25, 0.3) is 5.91 Å². The van der Waals surface area contributed by atoms with E-state index in [1.165, 1.54) is 12.3 Å². The van der Waals surface area contributed by atoms with Crippen molar-refractivity contribution in [2.45, 2.75) is 38.0 Å². The van der Waals surface area contributed by atoms with Crippen molar-refractivity contribution in [1.82, 2.24) is 14.7 Å². The summed E-state index contributed by atoms with van der Waals surface area (Å²) >= 11 is 0. The molecule has 1 saturated heterocycles. The summed E-state index contributed by atoms with van der Waals surface area (Å²) in [6, 6.07) is -0.231. The summed E-state index contributed by atoms with van der Waals surface area (Å²) in [7, 11) is 2.81. The first-order valence-corrected chi connectivity index (χ1v) is 9.25. The Morgan fingerprint density at radius 2 is 2.14 bits per heavy atom. The Morgan fingerprint density at radius 3 is 2.69 bits per heavy atom. The number of carbonyl (C=O) groups excluding carboxylic acids is 1. The van der Waals surface area contributed by atoms with Crippen molar-refractivity contribution >= 4 is 5.91 Å². The van der Waals surface area contributed by atoms with Gasteiger partial charge in [0.15, 0.2) is 0 Å². The Bertz CT molecular complexity index is 745. The lowest BCUT2D eigenvalue weighted by atomic mass is 10.00. The molecule has 0 spiro atoms. The van der Waals surface area contributed by atoms with Crippen LogP contribution in [-0.4, -0.2) is 77.5 Å². The van der Waals surface area contributed by atoms with Gasteiger partial charge >= 0.3 is 6.18 Å². The minimum Gasteiger partial charge on any atom is -0.404 e. The Morgan fingerprint density at radius 1 is 1.48 bits per heavy atom. The lowest BCUT2D eigenvalue weighted by Crippen LogP contribution is -2.53. The molecule has 2 aliphatic rings. The van der Waals surface area contributed by atoms with Crippen molar-refractivity contribution in [2.24, 2.45) is 11.5 Å². The third kappa shape index (κ3) is 5.01. The number of aliphatic hydroxyl groups is 1. The lowest BCUT2D eigenvalue weighted by molar-refractivity contribution is -0.249. The van der Waals surface area contributed by atoms with Gasteiger partial charge in [-0.2, -0.15) is 13.2 Å². The monoisotopic (exact) mass is 415 g/mol. The number of carbonyl (C=O) groups is 1. The second-order valence-corrected chi connectivity index (χ2v) is 7.17. The van der Waals surface area contributed by atoms with Gasteiger partial charge in [-0.25, -0.2) is 0 Å². The van der Waals surface area contributed by atoms with Crippen LogP contribution >= 0.6 is 0 Å². The van der Waals surface area contributed by atoms with Gasteiger partial charge in [0, 0.05) is 31.9 Å². The molecule has 10 heteroatoms. The summed E-state index contributed by atoms with van der Waals surface area (Å²) in [4.78, 5) is 16.9. The largest absolute Gasteiger partial charge is 0.428 e. The van der Waals surface area contributed by atoms with Crippen molar-refractivity contribution in [1.29, 1.82) is 0 Å². The van der Waals surface area contributed by atoms with Gasteiger partial charge in [-0.15, -0.1) is 0 Å². The number of allylic oxidation sites excluding steroid dienone is 1. The summed E-state index contributed by atoms with van der Waals surface area (Å²) in [6.07, 6.45) is 0.432. The molecule has 0 saturated carbocycles. The van der Waals surface area contributed by atoms with Crippen molar-refractivity contribution in [3.05, 3.63) is 47.3 Å². The zero-order chi connectivity index (χ0) is 21.9. The van der Waals surface area contributed by atoms with Gasteiger partial charge in [0.1, 0.15) is 0 Å². The molecule has 3 unspecified atom stereocenters. The highest BCUT2D eigenvalue weighted by atomic mass is 19.4.